The molecule has 2 aliphatic heterocycles. The Morgan fingerprint density at radius 2 is 1.96 bits per heavy atom. The van der Waals surface area contributed by atoms with E-state index in [9.17, 15) is 4.79 Å². The molecule has 2 aliphatic rings. The molecule has 0 saturated carbocycles. The Balaban J connectivity index is 1.36. The predicted octanol–water partition coefficient (Wildman–Crippen LogP) is 2.05. The van der Waals surface area contributed by atoms with E-state index in [0.717, 1.165) is 61.5 Å². The SMILES string of the molecule is Nc1nc([C@@H]2CCOC2)cc(N2CCC(n3c(=O)[nH]c4ccccc43)CC2)n1. The largest absolute Gasteiger partial charge is 0.381 e. The smallest absolute Gasteiger partial charge is 0.326 e. The normalized spacial score (nSPS) is 20.9. The molecule has 146 valence electrons. The molecule has 0 aliphatic carbocycles. The van der Waals surface area contributed by atoms with Gasteiger partial charge in [0.05, 0.1) is 23.3 Å². The number of para-hydroxylation sites is 2. The number of rotatable bonds is 3. The first kappa shape index (κ1) is 17.2. The number of hydrogen-bond donors (Lipinski definition) is 2. The van der Waals surface area contributed by atoms with Crippen molar-refractivity contribution in [2.45, 2.75) is 31.2 Å². The fourth-order valence-electron chi connectivity index (χ4n) is 4.40. The zero-order valence-electron chi connectivity index (χ0n) is 15.7. The first-order valence-electron chi connectivity index (χ1n) is 9.85. The number of nitrogen functional groups attached to an aromatic ring is 1. The monoisotopic (exact) mass is 380 g/mol. The predicted molar refractivity (Wildman–Crippen MR) is 108 cm³/mol. The summed E-state index contributed by atoms with van der Waals surface area (Å²) in [4.78, 5) is 26.6. The maximum absolute atomic E-state index is 12.5. The molecule has 1 atom stereocenters. The molecule has 5 rings (SSSR count). The lowest BCUT2D eigenvalue weighted by atomic mass is 10.0. The summed E-state index contributed by atoms with van der Waals surface area (Å²) in [6, 6.07) is 10.1. The van der Waals surface area contributed by atoms with Crippen molar-refractivity contribution in [3.63, 3.8) is 0 Å². The minimum absolute atomic E-state index is 0.0329. The average molecular weight is 380 g/mol. The van der Waals surface area contributed by atoms with Gasteiger partial charge in [-0.1, -0.05) is 12.1 Å². The van der Waals surface area contributed by atoms with E-state index in [-0.39, 0.29) is 11.7 Å². The lowest BCUT2D eigenvalue weighted by Gasteiger charge is -2.33. The summed E-state index contributed by atoms with van der Waals surface area (Å²) in [7, 11) is 0. The highest BCUT2D eigenvalue weighted by Crippen LogP contribution is 2.30. The van der Waals surface area contributed by atoms with Gasteiger partial charge < -0.3 is 20.4 Å². The Kier molecular flexibility index (Phi) is 4.27. The molecule has 0 unspecified atom stereocenters. The number of H-pyrrole nitrogens is 1. The highest BCUT2D eigenvalue weighted by molar-refractivity contribution is 5.75. The van der Waals surface area contributed by atoms with Gasteiger partial charge in [-0.05, 0) is 31.4 Å². The number of hydrogen-bond acceptors (Lipinski definition) is 6. The third kappa shape index (κ3) is 3.03. The number of imidazole rings is 1. The first-order chi connectivity index (χ1) is 13.7. The van der Waals surface area contributed by atoms with Crippen molar-refractivity contribution in [1.29, 1.82) is 0 Å². The Labute approximate surface area is 162 Å². The van der Waals surface area contributed by atoms with Crippen LogP contribution < -0.4 is 16.3 Å². The van der Waals surface area contributed by atoms with Crippen LogP contribution in [0.2, 0.25) is 0 Å². The van der Waals surface area contributed by atoms with E-state index >= 15 is 0 Å². The second-order valence-corrected chi connectivity index (χ2v) is 7.61. The van der Waals surface area contributed by atoms with Crippen LogP contribution >= 0.6 is 0 Å². The van der Waals surface area contributed by atoms with Crippen LogP contribution in [0.1, 0.15) is 36.9 Å². The third-order valence-electron chi connectivity index (χ3n) is 5.88. The summed E-state index contributed by atoms with van der Waals surface area (Å²) >= 11 is 0. The number of benzene rings is 1. The lowest BCUT2D eigenvalue weighted by Crippen LogP contribution is -2.37. The van der Waals surface area contributed by atoms with Crippen molar-refractivity contribution in [2.24, 2.45) is 0 Å². The summed E-state index contributed by atoms with van der Waals surface area (Å²) < 4.78 is 7.39. The minimum atomic E-state index is -0.0329. The number of piperidine rings is 1. The number of fused-ring (bicyclic) bond motifs is 1. The number of aromatic amines is 1. The van der Waals surface area contributed by atoms with Crippen molar-refractivity contribution in [3.8, 4) is 0 Å². The van der Waals surface area contributed by atoms with Gasteiger partial charge in [-0.15, -0.1) is 0 Å². The van der Waals surface area contributed by atoms with Crippen molar-refractivity contribution in [1.82, 2.24) is 19.5 Å². The summed E-state index contributed by atoms with van der Waals surface area (Å²) in [6.45, 7) is 3.12. The van der Waals surface area contributed by atoms with E-state index in [4.69, 9.17) is 10.5 Å². The molecule has 2 aromatic heterocycles. The fourth-order valence-corrected chi connectivity index (χ4v) is 4.40. The summed E-state index contributed by atoms with van der Waals surface area (Å²) in [6.07, 6.45) is 2.74. The molecule has 3 aromatic rings. The first-order valence-corrected chi connectivity index (χ1v) is 9.85. The zero-order valence-corrected chi connectivity index (χ0v) is 15.7. The maximum Gasteiger partial charge on any atom is 0.326 e. The van der Waals surface area contributed by atoms with Crippen molar-refractivity contribution < 1.29 is 4.74 Å². The Morgan fingerprint density at radius 1 is 1.14 bits per heavy atom. The lowest BCUT2D eigenvalue weighted by molar-refractivity contribution is 0.193. The summed E-state index contributed by atoms with van der Waals surface area (Å²) in [5, 5.41) is 0. The van der Waals surface area contributed by atoms with Crippen LogP contribution in [0.4, 0.5) is 11.8 Å². The highest BCUT2D eigenvalue weighted by Gasteiger charge is 2.26. The molecular weight excluding hydrogens is 356 g/mol. The van der Waals surface area contributed by atoms with Crippen molar-refractivity contribution in [2.75, 3.05) is 36.9 Å². The van der Waals surface area contributed by atoms with Gasteiger partial charge in [0, 0.05) is 37.7 Å². The molecule has 8 nitrogen and oxygen atoms in total. The van der Waals surface area contributed by atoms with Crippen LogP contribution in [0.15, 0.2) is 35.1 Å². The summed E-state index contributed by atoms with van der Waals surface area (Å²) in [5.41, 5.74) is 8.78. The van der Waals surface area contributed by atoms with Crippen LogP contribution in [-0.2, 0) is 4.74 Å². The van der Waals surface area contributed by atoms with E-state index in [1.165, 1.54) is 0 Å². The van der Waals surface area contributed by atoms with Gasteiger partial charge in [-0.2, -0.15) is 4.98 Å². The van der Waals surface area contributed by atoms with Crippen LogP contribution in [-0.4, -0.2) is 45.8 Å². The Hall–Kier alpha value is -2.87. The number of nitrogens with zero attached hydrogens (tertiary/aromatic N) is 4. The molecule has 3 N–H and O–H groups in total. The van der Waals surface area contributed by atoms with Crippen LogP contribution in [0.5, 0.6) is 0 Å². The van der Waals surface area contributed by atoms with Crippen molar-refractivity contribution in [3.05, 3.63) is 46.5 Å². The van der Waals surface area contributed by atoms with Crippen molar-refractivity contribution >= 4 is 22.8 Å². The van der Waals surface area contributed by atoms with Gasteiger partial charge in [-0.3, -0.25) is 4.57 Å². The average Bonchev–Trinajstić information content (AvgIpc) is 3.35. The van der Waals surface area contributed by atoms with Gasteiger partial charge in [0.15, 0.2) is 0 Å². The molecule has 2 saturated heterocycles. The standard InChI is InChI=1S/C20H24N6O2/c21-19-22-16(13-7-10-28-12-13)11-18(24-19)25-8-5-14(6-9-25)26-17-4-2-1-3-15(17)23-20(26)27/h1-4,11,13-14H,5-10,12H2,(H,23,27)(H2,21,22,24)/t13-/m1/s1. The number of nitrogens with two attached hydrogens (primary N) is 1. The molecule has 28 heavy (non-hydrogen) atoms. The number of aromatic nitrogens is 4. The zero-order chi connectivity index (χ0) is 19.1. The quantitative estimate of drug-likeness (QED) is 0.721. The van der Waals surface area contributed by atoms with E-state index < -0.39 is 0 Å². The minimum Gasteiger partial charge on any atom is -0.381 e. The molecule has 8 heteroatoms. The Bertz CT molecular complexity index is 1040. The molecule has 2 fully saturated rings. The van der Waals surface area contributed by atoms with E-state index in [0.29, 0.717) is 18.5 Å². The van der Waals surface area contributed by atoms with Gasteiger partial charge in [0.2, 0.25) is 5.95 Å². The van der Waals surface area contributed by atoms with Gasteiger partial charge in [-0.25, -0.2) is 9.78 Å². The van der Waals surface area contributed by atoms with E-state index in [1.54, 1.807) is 0 Å². The topological polar surface area (TPSA) is 102 Å². The third-order valence-corrected chi connectivity index (χ3v) is 5.88. The second-order valence-electron chi connectivity index (χ2n) is 7.61. The molecule has 1 aromatic carbocycles. The molecule has 4 heterocycles. The van der Waals surface area contributed by atoms with Gasteiger partial charge in [0.1, 0.15) is 5.82 Å². The molecule has 0 amide bonds. The van der Waals surface area contributed by atoms with Crippen LogP contribution in [0, 0.1) is 0 Å². The van der Waals surface area contributed by atoms with E-state index in [1.807, 2.05) is 34.9 Å². The Morgan fingerprint density at radius 3 is 2.75 bits per heavy atom. The molecular formula is C20H24N6O2. The highest BCUT2D eigenvalue weighted by atomic mass is 16.5. The fraction of sp³-hybridized carbons (Fsp3) is 0.450. The molecule has 0 spiro atoms. The molecule has 0 radical (unpaired) electrons. The maximum atomic E-state index is 12.5. The van der Waals surface area contributed by atoms with Gasteiger partial charge in [0.25, 0.3) is 0 Å². The van der Waals surface area contributed by atoms with Crippen LogP contribution in [0.25, 0.3) is 11.0 Å². The molecule has 0 bridgehead atoms. The van der Waals surface area contributed by atoms with E-state index in [2.05, 4.69) is 19.9 Å². The number of anilines is 2. The summed E-state index contributed by atoms with van der Waals surface area (Å²) in [5.74, 6) is 1.49. The number of ether oxygens (including phenoxy) is 1. The van der Waals surface area contributed by atoms with Crippen LogP contribution in [0.3, 0.4) is 0 Å². The second kappa shape index (κ2) is 6.94. The van der Waals surface area contributed by atoms with Gasteiger partial charge >= 0.3 is 5.69 Å². The number of nitrogens with one attached hydrogen (secondary N) is 1.